The van der Waals surface area contributed by atoms with Gasteiger partial charge in [-0.25, -0.2) is 0 Å². The Labute approximate surface area is 171 Å². The van der Waals surface area contributed by atoms with Crippen LogP contribution < -0.4 is 14.8 Å². The number of rotatable bonds is 6. The first-order valence-corrected chi connectivity index (χ1v) is 10.1. The van der Waals surface area contributed by atoms with Crippen LogP contribution in [0.2, 0.25) is 0 Å². The number of carbonyl (C=O) groups excluding carboxylic acids is 1. The molecule has 12 heteroatoms. The first kappa shape index (κ1) is 17.7. The Morgan fingerprint density at radius 3 is 2.97 bits per heavy atom. The van der Waals surface area contributed by atoms with E-state index in [4.69, 9.17) is 18.3 Å². The Balaban J connectivity index is 1.20. The summed E-state index contributed by atoms with van der Waals surface area (Å²) >= 11 is 2.62. The number of nitrogens with one attached hydrogen (secondary N) is 1. The van der Waals surface area contributed by atoms with Gasteiger partial charge in [0.25, 0.3) is 5.91 Å². The molecule has 0 saturated heterocycles. The number of aromatic nitrogens is 4. The Morgan fingerprint density at radius 1 is 1.14 bits per heavy atom. The van der Waals surface area contributed by atoms with Crippen LogP contribution in [0.15, 0.2) is 49.8 Å². The topological polar surface area (TPSA) is 125 Å². The van der Waals surface area contributed by atoms with E-state index in [0.717, 1.165) is 5.56 Å². The standard InChI is InChI=1S/C17H11N5O5S2/c23-14(11-2-1-5-24-11)18-16-21-22-17(29-16)28-7-13-19-20-15(27-13)9-3-4-10-12(6-9)26-8-25-10/h1-6H,7-8H2,(H,18,21,23). The van der Waals surface area contributed by atoms with E-state index in [1.54, 1.807) is 24.3 Å². The zero-order valence-corrected chi connectivity index (χ0v) is 16.2. The van der Waals surface area contributed by atoms with Crippen LogP contribution in [0, 0.1) is 0 Å². The number of thioether (sulfide) groups is 1. The lowest BCUT2D eigenvalue weighted by molar-refractivity contribution is 0.0996. The van der Waals surface area contributed by atoms with Crippen molar-refractivity contribution in [1.82, 2.24) is 20.4 Å². The van der Waals surface area contributed by atoms with Crippen LogP contribution in [0.5, 0.6) is 11.5 Å². The average Bonchev–Trinajstić information content (AvgIpc) is 3.53. The molecule has 1 amide bonds. The van der Waals surface area contributed by atoms with Gasteiger partial charge in [-0.3, -0.25) is 10.1 Å². The molecule has 0 spiro atoms. The molecule has 1 aliphatic rings. The lowest BCUT2D eigenvalue weighted by Gasteiger charge is -1.98. The number of furan rings is 1. The van der Waals surface area contributed by atoms with Crippen LogP contribution in [0.1, 0.15) is 16.4 Å². The largest absolute Gasteiger partial charge is 0.459 e. The predicted molar refractivity (Wildman–Crippen MR) is 102 cm³/mol. The molecular weight excluding hydrogens is 418 g/mol. The van der Waals surface area contributed by atoms with E-state index in [2.05, 4.69) is 25.7 Å². The van der Waals surface area contributed by atoms with Gasteiger partial charge in [0.1, 0.15) is 0 Å². The molecule has 4 heterocycles. The molecule has 1 aromatic carbocycles. The van der Waals surface area contributed by atoms with Crippen molar-refractivity contribution in [2.45, 2.75) is 10.1 Å². The highest BCUT2D eigenvalue weighted by atomic mass is 32.2. The molecule has 0 saturated carbocycles. The lowest BCUT2D eigenvalue weighted by Crippen LogP contribution is -2.10. The summed E-state index contributed by atoms with van der Waals surface area (Å²) in [5, 5.41) is 19.1. The van der Waals surface area contributed by atoms with Crippen LogP contribution >= 0.6 is 23.1 Å². The van der Waals surface area contributed by atoms with E-state index in [-0.39, 0.29) is 18.5 Å². The van der Waals surface area contributed by atoms with Gasteiger partial charge in [0.05, 0.1) is 12.0 Å². The van der Waals surface area contributed by atoms with Crippen LogP contribution in [-0.2, 0) is 5.75 Å². The number of hydrogen-bond donors (Lipinski definition) is 1. The summed E-state index contributed by atoms with van der Waals surface area (Å²) in [7, 11) is 0. The SMILES string of the molecule is O=C(Nc1nnc(SCc2nnc(-c3ccc4c(c3)OCO4)o2)s1)c1ccco1. The van der Waals surface area contributed by atoms with E-state index in [1.165, 1.54) is 29.4 Å². The smallest absolute Gasteiger partial charge is 0.293 e. The first-order valence-electron chi connectivity index (χ1n) is 8.28. The van der Waals surface area contributed by atoms with Crippen LogP contribution in [0.25, 0.3) is 11.5 Å². The quantitative estimate of drug-likeness (QED) is 0.360. The minimum absolute atomic E-state index is 0.205. The summed E-state index contributed by atoms with van der Waals surface area (Å²) in [5.74, 6) is 2.41. The highest BCUT2D eigenvalue weighted by Crippen LogP contribution is 2.36. The lowest BCUT2D eigenvalue weighted by atomic mass is 10.2. The number of hydrogen-bond acceptors (Lipinski definition) is 11. The molecule has 146 valence electrons. The fourth-order valence-electron chi connectivity index (χ4n) is 2.47. The molecule has 0 bridgehead atoms. The van der Waals surface area contributed by atoms with Crippen molar-refractivity contribution >= 4 is 34.1 Å². The summed E-state index contributed by atoms with van der Waals surface area (Å²) in [4.78, 5) is 11.9. The summed E-state index contributed by atoms with van der Waals surface area (Å²) < 4.78 is 22.1. The molecule has 0 unspecified atom stereocenters. The minimum Gasteiger partial charge on any atom is -0.459 e. The maximum Gasteiger partial charge on any atom is 0.293 e. The highest BCUT2D eigenvalue weighted by Gasteiger charge is 2.17. The van der Waals surface area contributed by atoms with E-state index in [0.29, 0.717) is 38.5 Å². The number of anilines is 1. The molecule has 1 N–H and O–H groups in total. The van der Waals surface area contributed by atoms with Crippen molar-refractivity contribution in [3.8, 4) is 23.0 Å². The van der Waals surface area contributed by atoms with Gasteiger partial charge in [0.2, 0.25) is 23.7 Å². The number of amides is 1. The molecule has 29 heavy (non-hydrogen) atoms. The second-order valence-corrected chi connectivity index (χ2v) is 7.86. The Kier molecular flexibility index (Phi) is 4.62. The monoisotopic (exact) mass is 429 g/mol. The molecule has 0 fully saturated rings. The van der Waals surface area contributed by atoms with Crippen molar-refractivity contribution in [3.63, 3.8) is 0 Å². The second kappa shape index (κ2) is 7.56. The third kappa shape index (κ3) is 3.79. The Hall–Kier alpha value is -3.38. The molecule has 4 aromatic rings. The van der Waals surface area contributed by atoms with Gasteiger partial charge in [0.15, 0.2) is 21.6 Å². The molecule has 1 aliphatic heterocycles. The third-order valence-electron chi connectivity index (χ3n) is 3.78. The van der Waals surface area contributed by atoms with Gasteiger partial charge in [0, 0.05) is 5.56 Å². The van der Waals surface area contributed by atoms with Gasteiger partial charge in [-0.05, 0) is 30.3 Å². The van der Waals surface area contributed by atoms with E-state index in [1.807, 2.05) is 6.07 Å². The predicted octanol–water partition coefficient (Wildman–Crippen LogP) is 3.45. The van der Waals surface area contributed by atoms with Crippen LogP contribution in [0.4, 0.5) is 5.13 Å². The maximum absolute atomic E-state index is 11.9. The molecule has 3 aromatic heterocycles. The van der Waals surface area contributed by atoms with E-state index >= 15 is 0 Å². The molecule has 5 rings (SSSR count). The number of benzene rings is 1. The van der Waals surface area contributed by atoms with Crippen molar-refractivity contribution in [2.24, 2.45) is 0 Å². The first-order chi connectivity index (χ1) is 14.2. The van der Waals surface area contributed by atoms with E-state index < -0.39 is 0 Å². The van der Waals surface area contributed by atoms with Crippen molar-refractivity contribution in [3.05, 3.63) is 48.2 Å². The zero-order chi connectivity index (χ0) is 19.6. The fraction of sp³-hybridized carbons (Fsp3) is 0.118. The van der Waals surface area contributed by atoms with Gasteiger partial charge in [-0.2, -0.15) is 0 Å². The second-order valence-electron chi connectivity index (χ2n) is 5.66. The van der Waals surface area contributed by atoms with E-state index in [9.17, 15) is 4.79 Å². The number of nitrogens with zero attached hydrogens (tertiary/aromatic N) is 4. The number of carbonyl (C=O) groups is 1. The average molecular weight is 429 g/mol. The summed E-state index contributed by atoms with van der Waals surface area (Å²) in [6.07, 6.45) is 1.43. The molecule has 10 nitrogen and oxygen atoms in total. The Morgan fingerprint density at radius 2 is 2.07 bits per heavy atom. The fourth-order valence-corrected chi connectivity index (χ4v) is 4.05. The van der Waals surface area contributed by atoms with Crippen molar-refractivity contribution in [2.75, 3.05) is 12.1 Å². The molecule has 0 atom stereocenters. The van der Waals surface area contributed by atoms with Crippen LogP contribution in [0.3, 0.4) is 0 Å². The maximum atomic E-state index is 11.9. The highest BCUT2D eigenvalue weighted by molar-refractivity contribution is 8.00. The number of fused-ring (bicyclic) bond motifs is 1. The number of ether oxygens (including phenoxy) is 2. The molecule has 0 radical (unpaired) electrons. The summed E-state index contributed by atoms with van der Waals surface area (Å²) in [5.41, 5.74) is 0.747. The third-order valence-corrected chi connectivity index (χ3v) is 5.73. The molecule has 0 aliphatic carbocycles. The summed E-state index contributed by atoms with van der Waals surface area (Å²) in [6.45, 7) is 0.205. The minimum atomic E-state index is -0.382. The van der Waals surface area contributed by atoms with Gasteiger partial charge in [-0.15, -0.1) is 20.4 Å². The normalized spacial score (nSPS) is 12.3. The summed E-state index contributed by atoms with van der Waals surface area (Å²) in [6, 6.07) is 8.64. The van der Waals surface area contributed by atoms with Gasteiger partial charge >= 0.3 is 0 Å². The van der Waals surface area contributed by atoms with Gasteiger partial charge < -0.3 is 18.3 Å². The van der Waals surface area contributed by atoms with Crippen molar-refractivity contribution < 1.29 is 23.1 Å². The van der Waals surface area contributed by atoms with Crippen LogP contribution in [-0.4, -0.2) is 33.1 Å². The van der Waals surface area contributed by atoms with Crippen molar-refractivity contribution in [1.29, 1.82) is 0 Å². The molecular formula is C17H11N5O5S2. The van der Waals surface area contributed by atoms with Gasteiger partial charge in [-0.1, -0.05) is 23.1 Å². The zero-order valence-electron chi connectivity index (χ0n) is 14.5. The Bertz CT molecular complexity index is 1160.